The Kier molecular flexibility index (Phi) is 9.42. The molecule has 0 aromatic heterocycles. The smallest absolute Gasteiger partial charge is 0.244 e. The van der Waals surface area contributed by atoms with Gasteiger partial charge in [0.2, 0.25) is 21.8 Å². The van der Waals surface area contributed by atoms with Gasteiger partial charge in [-0.05, 0) is 42.5 Å². The number of rotatable bonds is 11. The third kappa shape index (κ3) is 7.38. The highest BCUT2D eigenvalue weighted by atomic mass is 32.2. The topological polar surface area (TPSA) is 105 Å². The van der Waals surface area contributed by atoms with Crippen LogP contribution in [0.3, 0.4) is 0 Å². The molecule has 0 fully saturated rings. The molecule has 1 aliphatic heterocycles. The summed E-state index contributed by atoms with van der Waals surface area (Å²) in [6.45, 7) is 8.73. The minimum absolute atomic E-state index is 0.178. The predicted octanol–water partition coefficient (Wildman–Crippen LogP) is 3.11. The van der Waals surface area contributed by atoms with Crippen LogP contribution in [0.1, 0.15) is 38.3 Å². The van der Waals surface area contributed by atoms with E-state index in [0.717, 1.165) is 21.7 Å². The molecule has 37 heavy (non-hydrogen) atoms. The highest BCUT2D eigenvalue weighted by Crippen LogP contribution is 2.34. The van der Waals surface area contributed by atoms with E-state index in [4.69, 9.17) is 9.47 Å². The monoisotopic (exact) mass is 531 g/mol. The Morgan fingerprint density at radius 1 is 1.05 bits per heavy atom. The van der Waals surface area contributed by atoms with Gasteiger partial charge in [-0.2, -0.15) is 0 Å². The van der Waals surface area contributed by atoms with Crippen molar-refractivity contribution >= 4 is 27.5 Å². The number of aryl methyl sites for hydroxylation is 1. The highest BCUT2D eigenvalue weighted by molar-refractivity contribution is 7.92. The lowest BCUT2D eigenvalue weighted by Crippen LogP contribution is -2.52. The summed E-state index contributed by atoms with van der Waals surface area (Å²) in [5.74, 6) is 0.446. The third-order valence-electron chi connectivity index (χ3n) is 6.17. The maximum absolute atomic E-state index is 13.8. The van der Waals surface area contributed by atoms with Gasteiger partial charge >= 0.3 is 0 Å². The first-order chi connectivity index (χ1) is 17.5. The average Bonchev–Trinajstić information content (AvgIpc) is 2.85. The second-order valence-electron chi connectivity index (χ2n) is 9.61. The first kappa shape index (κ1) is 28.3. The van der Waals surface area contributed by atoms with Crippen LogP contribution < -0.4 is 19.1 Å². The van der Waals surface area contributed by atoms with Crippen molar-refractivity contribution in [2.75, 3.05) is 36.9 Å². The highest BCUT2D eigenvalue weighted by Gasteiger charge is 2.32. The van der Waals surface area contributed by atoms with Gasteiger partial charge in [-0.3, -0.25) is 13.9 Å². The van der Waals surface area contributed by atoms with Crippen LogP contribution in [0, 0.1) is 12.8 Å². The summed E-state index contributed by atoms with van der Waals surface area (Å²) in [7, 11) is -3.84. The molecule has 3 rings (SSSR count). The molecule has 2 aromatic rings. The first-order valence-corrected chi connectivity index (χ1v) is 14.3. The van der Waals surface area contributed by atoms with Gasteiger partial charge in [0.15, 0.2) is 11.5 Å². The molecule has 0 radical (unpaired) electrons. The quantitative estimate of drug-likeness (QED) is 0.478. The van der Waals surface area contributed by atoms with E-state index in [1.807, 2.05) is 52.0 Å². The number of hydrogen-bond acceptors (Lipinski definition) is 6. The summed E-state index contributed by atoms with van der Waals surface area (Å²) in [4.78, 5) is 28.4. The molecule has 0 aliphatic carbocycles. The number of ether oxygens (including phenoxy) is 2. The summed E-state index contributed by atoms with van der Waals surface area (Å²) >= 11 is 0. The molecule has 0 bridgehead atoms. The number of amides is 2. The molecule has 1 N–H and O–H groups in total. The number of carbonyl (C=O) groups excluding carboxylic acids is 2. The molecule has 9 nitrogen and oxygen atoms in total. The lowest BCUT2D eigenvalue weighted by Gasteiger charge is -2.33. The standard InChI is InChI=1S/C27H37N3O6S/c1-6-23(27(32)28-16-19(2)3)29(17-21-10-8-7-9-20(21)4)26(31)18-30(37(5,33)34)22-11-12-24-25(15-22)36-14-13-35-24/h7-12,15,19,23H,6,13-14,16-18H2,1-5H3,(H,28,32)/t23-/m1/s1. The van der Waals surface area contributed by atoms with E-state index in [2.05, 4.69) is 5.32 Å². The second-order valence-corrected chi connectivity index (χ2v) is 11.5. The van der Waals surface area contributed by atoms with Gasteiger partial charge in [0.25, 0.3) is 0 Å². The molecule has 10 heteroatoms. The van der Waals surface area contributed by atoms with Gasteiger partial charge in [0, 0.05) is 19.2 Å². The number of anilines is 1. The molecule has 1 heterocycles. The van der Waals surface area contributed by atoms with E-state index >= 15 is 0 Å². The molecule has 2 aromatic carbocycles. The summed E-state index contributed by atoms with van der Waals surface area (Å²) in [6.07, 6.45) is 1.43. The Hall–Kier alpha value is -3.27. The normalized spacial score (nSPS) is 13.7. The maximum atomic E-state index is 13.8. The van der Waals surface area contributed by atoms with Gasteiger partial charge in [0.1, 0.15) is 25.8 Å². The minimum Gasteiger partial charge on any atom is -0.486 e. The SMILES string of the molecule is CC[C@H](C(=O)NCC(C)C)N(Cc1ccccc1C)C(=O)CN(c1ccc2c(c1)OCCO2)S(C)(=O)=O. The van der Waals surface area contributed by atoms with Crippen molar-refractivity contribution in [1.82, 2.24) is 10.2 Å². The van der Waals surface area contributed by atoms with Crippen molar-refractivity contribution in [1.29, 1.82) is 0 Å². The number of hydrogen-bond donors (Lipinski definition) is 1. The second kappa shape index (κ2) is 12.3. The zero-order valence-corrected chi connectivity index (χ0v) is 23.0. The zero-order valence-electron chi connectivity index (χ0n) is 22.2. The summed E-state index contributed by atoms with van der Waals surface area (Å²) in [5.41, 5.74) is 2.15. The molecule has 1 aliphatic rings. The predicted molar refractivity (Wildman–Crippen MR) is 143 cm³/mol. The van der Waals surface area contributed by atoms with Gasteiger partial charge < -0.3 is 19.7 Å². The number of fused-ring (bicyclic) bond motifs is 1. The van der Waals surface area contributed by atoms with E-state index in [1.54, 1.807) is 18.2 Å². The molecule has 0 saturated carbocycles. The van der Waals surface area contributed by atoms with E-state index in [-0.39, 0.29) is 24.1 Å². The number of benzene rings is 2. The van der Waals surface area contributed by atoms with Crippen LogP contribution in [0.4, 0.5) is 5.69 Å². The summed E-state index contributed by atoms with van der Waals surface area (Å²) in [6, 6.07) is 11.6. The van der Waals surface area contributed by atoms with Crippen molar-refractivity contribution in [2.45, 2.75) is 46.7 Å². The van der Waals surface area contributed by atoms with Crippen LogP contribution in [-0.4, -0.2) is 63.7 Å². The Labute approximate surface area is 219 Å². The zero-order chi connectivity index (χ0) is 27.2. The van der Waals surface area contributed by atoms with E-state index in [9.17, 15) is 18.0 Å². The lowest BCUT2D eigenvalue weighted by atomic mass is 10.1. The first-order valence-electron chi connectivity index (χ1n) is 12.5. The number of carbonyl (C=O) groups is 2. The van der Waals surface area contributed by atoms with Crippen LogP contribution in [0.25, 0.3) is 0 Å². The van der Waals surface area contributed by atoms with Gasteiger partial charge in [0.05, 0.1) is 11.9 Å². The molecular formula is C27H37N3O6S. The largest absolute Gasteiger partial charge is 0.486 e. The summed E-state index contributed by atoms with van der Waals surface area (Å²) < 4.78 is 37.8. The van der Waals surface area contributed by atoms with Crippen molar-refractivity contribution in [3.63, 3.8) is 0 Å². The molecule has 0 spiro atoms. The van der Waals surface area contributed by atoms with E-state index < -0.39 is 28.5 Å². The van der Waals surface area contributed by atoms with Crippen LogP contribution in [0.15, 0.2) is 42.5 Å². The van der Waals surface area contributed by atoms with Gasteiger partial charge in [-0.1, -0.05) is 45.0 Å². The molecule has 2 amide bonds. The summed E-state index contributed by atoms with van der Waals surface area (Å²) in [5, 5.41) is 2.92. The van der Waals surface area contributed by atoms with E-state index in [0.29, 0.717) is 37.7 Å². The van der Waals surface area contributed by atoms with Crippen LogP contribution in [0.2, 0.25) is 0 Å². The number of nitrogens with zero attached hydrogens (tertiary/aromatic N) is 2. The molecule has 0 unspecified atom stereocenters. The van der Waals surface area contributed by atoms with E-state index in [1.165, 1.54) is 4.90 Å². The lowest BCUT2D eigenvalue weighted by molar-refractivity contribution is -0.140. The Bertz CT molecular complexity index is 1210. The van der Waals surface area contributed by atoms with Crippen molar-refractivity contribution < 1.29 is 27.5 Å². The molecular weight excluding hydrogens is 494 g/mol. The van der Waals surface area contributed by atoms with Crippen LogP contribution >= 0.6 is 0 Å². The van der Waals surface area contributed by atoms with Crippen molar-refractivity contribution in [3.05, 3.63) is 53.6 Å². The fraction of sp³-hybridized carbons (Fsp3) is 0.481. The third-order valence-corrected chi connectivity index (χ3v) is 7.31. The number of nitrogens with one attached hydrogen (secondary N) is 1. The van der Waals surface area contributed by atoms with Crippen molar-refractivity contribution in [3.8, 4) is 11.5 Å². The Balaban J connectivity index is 1.95. The van der Waals surface area contributed by atoms with Gasteiger partial charge in [-0.25, -0.2) is 8.42 Å². The maximum Gasteiger partial charge on any atom is 0.244 e. The molecule has 202 valence electrons. The minimum atomic E-state index is -3.84. The number of sulfonamides is 1. The molecule has 0 saturated heterocycles. The van der Waals surface area contributed by atoms with Crippen LogP contribution in [-0.2, 0) is 26.2 Å². The Morgan fingerprint density at radius 2 is 1.73 bits per heavy atom. The Morgan fingerprint density at radius 3 is 2.35 bits per heavy atom. The van der Waals surface area contributed by atoms with Crippen LogP contribution in [0.5, 0.6) is 11.5 Å². The van der Waals surface area contributed by atoms with Gasteiger partial charge in [-0.15, -0.1) is 0 Å². The molecule has 1 atom stereocenters. The average molecular weight is 532 g/mol. The fourth-order valence-electron chi connectivity index (χ4n) is 4.11. The van der Waals surface area contributed by atoms with Crippen molar-refractivity contribution in [2.24, 2.45) is 5.92 Å². The fourth-order valence-corrected chi connectivity index (χ4v) is 4.96.